The molecule has 0 bridgehead atoms. The number of nitrogens with zero attached hydrogens (tertiary/aromatic N) is 2. The molecule has 0 atom stereocenters. The van der Waals surface area contributed by atoms with Gasteiger partial charge in [0.15, 0.2) is 0 Å². The van der Waals surface area contributed by atoms with Crippen LogP contribution in [0.15, 0.2) is 9.59 Å². The molecule has 1 aromatic heterocycles. The zero-order chi connectivity index (χ0) is 12.6. The van der Waals surface area contributed by atoms with Gasteiger partial charge < -0.3 is 11.5 Å². The van der Waals surface area contributed by atoms with Crippen molar-refractivity contribution in [3.8, 4) is 0 Å². The third-order valence-corrected chi connectivity index (χ3v) is 2.43. The van der Waals surface area contributed by atoms with Gasteiger partial charge >= 0.3 is 5.69 Å². The minimum Gasteiger partial charge on any atom is -0.391 e. The van der Waals surface area contributed by atoms with Crippen LogP contribution in [-0.4, -0.2) is 9.13 Å². The van der Waals surface area contributed by atoms with Crippen LogP contribution in [-0.2, 0) is 0 Å². The Bertz CT molecular complexity index is 511. The van der Waals surface area contributed by atoms with Gasteiger partial charge in [-0.3, -0.25) is 13.9 Å². The molecule has 1 aromatic rings. The van der Waals surface area contributed by atoms with Gasteiger partial charge in [0.2, 0.25) is 0 Å². The molecule has 0 aliphatic carbocycles. The lowest BCUT2D eigenvalue weighted by molar-refractivity contribution is 0.480. The highest BCUT2D eigenvalue weighted by atomic mass is 16.2. The van der Waals surface area contributed by atoms with Crippen molar-refractivity contribution in [2.75, 3.05) is 11.5 Å². The molecular formula is C10H18N4O2. The zero-order valence-corrected chi connectivity index (χ0v) is 10.0. The molecule has 0 fully saturated rings. The van der Waals surface area contributed by atoms with Crippen LogP contribution in [0, 0.1) is 0 Å². The minimum atomic E-state index is -0.519. The van der Waals surface area contributed by atoms with Crippen molar-refractivity contribution in [1.82, 2.24) is 9.13 Å². The van der Waals surface area contributed by atoms with Crippen molar-refractivity contribution in [2.45, 2.75) is 39.8 Å². The molecule has 1 heterocycles. The Morgan fingerprint density at radius 2 is 1.38 bits per heavy atom. The first kappa shape index (κ1) is 12.4. The van der Waals surface area contributed by atoms with Crippen molar-refractivity contribution in [1.29, 1.82) is 0 Å². The fourth-order valence-electron chi connectivity index (χ4n) is 1.63. The van der Waals surface area contributed by atoms with E-state index in [2.05, 4.69) is 0 Å². The molecule has 0 unspecified atom stereocenters. The lowest BCUT2D eigenvalue weighted by Gasteiger charge is -2.19. The summed E-state index contributed by atoms with van der Waals surface area (Å²) in [7, 11) is 0. The number of hydrogen-bond donors (Lipinski definition) is 2. The number of hydrogen-bond acceptors (Lipinski definition) is 4. The Balaban J connectivity index is 3.81. The summed E-state index contributed by atoms with van der Waals surface area (Å²) < 4.78 is 2.45. The number of rotatable bonds is 2. The molecule has 0 radical (unpaired) electrons. The molecule has 4 N–H and O–H groups in total. The van der Waals surface area contributed by atoms with E-state index < -0.39 is 11.2 Å². The number of aromatic nitrogens is 2. The maximum absolute atomic E-state index is 12.0. The molecule has 0 aliphatic rings. The largest absolute Gasteiger partial charge is 0.391 e. The van der Waals surface area contributed by atoms with Crippen molar-refractivity contribution in [3.63, 3.8) is 0 Å². The summed E-state index contributed by atoms with van der Waals surface area (Å²) in [5.74, 6) is 0.0434. The van der Waals surface area contributed by atoms with Gasteiger partial charge in [0, 0.05) is 12.1 Å². The average molecular weight is 226 g/mol. The highest BCUT2D eigenvalue weighted by molar-refractivity contribution is 5.57. The van der Waals surface area contributed by atoms with Gasteiger partial charge in [0.05, 0.1) is 0 Å². The van der Waals surface area contributed by atoms with E-state index in [1.165, 1.54) is 4.57 Å². The van der Waals surface area contributed by atoms with Gasteiger partial charge in [-0.25, -0.2) is 4.79 Å². The SMILES string of the molecule is CC(C)n1c(N)c(N)c(=O)n(C(C)C)c1=O. The fraction of sp³-hybridized carbons (Fsp3) is 0.600. The molecule has 0 spiro atoms. The second-order valence-corrected chi connectivity index (χ2v) is 4.31. The Morgan fingerprint density at radius 3 is 1.75 bits per heavy atom. The summed E-state index contributed by atoms with van der Waals surface area (Å²) >= 11 is 0. The Hall–Kier alpha value is -1.72. The van der Waals surface area contributed by atoms with Crippen LogP contribution in [0.25, 0.3) is 0 Å². The van der Waals surface area contributed by atoms with E-state index in [9.17, 15) is 9.59 Å². The first-order valence-electron chi connectivity index (χ1n) is 5.21. The fourth-order valence-corrected chi connectivity index (χ4v) is 1.63. The Morgan fingerprint density at radius 1 is 0.938 bits per heavy atom. The molecular weight excluding hydrogens is 208 g/mol. The maximum atomic E-state index is 12.0. The highest BCUT2D eigenvalue weighted by Crippen LogP contribution is 2.13. The molecule has 90 valence electrons. The van der Waals surface area contributed by atoms with E-state index >= 15 is 0 Å². The summed E-state index contributed by atoms with van der Waals surface area (Å²) in [4.78, 5) is 23.8. The highest BCUT2D eigenvalue weighted by Gasteiger charge is 2.17. The number of nitrogen functional groups attached to an aromatic ring is 2. The standard InChI is InChI=1S/C10H18N4O2/c1-5(2)13-8(12)7(11)9(15)14(6(3)4)10(13)16/h5-6H,11-12H2,1-4H3. The van der Waals surface area contributed by atoms with Crippen LogP contribution >= 0.6 is 0 Å². The first-order valence-corrected chi connectivity index (χ1v) is 5.21. The Kier molecular flexibility index (Phi) is 3.11. The normalized spacial score (nSPS) is 11.4. The predicted octanol–water partition coefficient (Wildman–Crippen LogP) is 0.336. The van der Waals surface area contributed by atoms with E-state index in [0.717, 1.165) is 4.57 Å². The third kappa shape index (κ3) is 1.70. The monoisotopic (exact) mass is 226 g/mol. The van der Waals surface area contributed by atoms with Crippen molar-refractivity contribution in [3.05, 3.63) is 20.8 Å². The van der Waals surface area contributed by atoms with Crippen LogP contribution in [0.4, 0.5) is 11.5 Å². The van der Waals surface area contributed by atoms with Gasteiger partial charge in [-0.1, -0.05) is 0 Å². The smallest absolute Gasteiger partial charge is 0.333 e. The van der Waals surface area contributed by atoms with E-state index in [1.807, 2.05) is 13.8 Å². The second kappa shape index (κ2) is 4.03. The van der Waals surface area contributed by atoms with Crippen molar-refractivity contribution < 1.29 is 0 Å². The topological polar surface area (TPSA) is 96.0 Å². The predicted molar refractivity (Wildman–Crippen MR) is 64.6 cm³/mol. The van der Waals surface area contributed by atoms with Gasteiger partial charge in [0.1, 0.15) is 11.5 Å². The van der Waals surface area contributed by atoms with Gasteiger partial charge in [-0.2, -0.15) is 0 Å². The minimum absolute atomic E-state index is 0.0434. The first-order chi connectivity index (χ1) is 7.29. The average Bonchev–Trinajstić information content (AvgIpc) is 2.13. The van der Waals surface area contributed by atoms with Crippen LogP contribution in [0.5, 0.6) is 0 Å². The number of nitrogens with two attached hydrogens (primary N) is 2. The van der Waals surface area contributed by atoms with E-state index in [1.54, 1.807) is 13.8 Å². The molecule has 6 heteroatoms. The molecule has 0 saturated heterocycles. The summed E-state index contributed by atoms with van der Waals surface area (Å²) in [6, 6.07) is -0.381. The summed E-state index contributed by atoms with van der Waals surface area (Å²) in [5.41, 5.74) is 10.3. The number of anilines is 2. The zero-order valence-electron chi connectivity index (χ0n) is 10.0. The lowest BCUT2D eigenvalue weighted by atomic mass is 10.3. The molecule has 16 heavy (non-hydrogen) atoms. The van der Waals surface area contributed by atoms with E-state index in [-0.39, 0.29) is 23.6 Å². The van der Waals surface area contributed by atoms with Crippen LogP contribution in [0.1, 0.15) is 39.8 Å². The summed E-state index contributed by atoms with van der Waals surface area (Å²) in [6.45, 7) is 7.13. The molecule has 0 aromatic carbocycles. The van der Waals surface area contributed by atoms with Gasteiger partial charge in [-0.15, -0.1) is 0 Å². The van der Waals surface area contributed by atoms with Crippen molar-refractivity contribution >= 4 is 11.5 Å². The van der Waals surface area contributed by atoms with E-state index in [4.69, 9.17) is 11.5 Å². The van der Waals surface area contributed by atoms with Crippen LogP contribution < -0.4 is 22.7 Å². The van der Waals surface area contributed by atoms with Crippen molar-refractivity contribution in [2.24, 2.45) is 0 Å². The van der Waals surface area contributed by atoms with E-state index in [0.29, 0.717) is 0 Å². The summed E-state index contributed by atoms with van der Waals surface area (Å²) in [6.07, 6.45) is 0. The molecule has 0 amide bonds. The summed E-state index contributed by atoms with van der Waals surface area (Å²) in [5, 5.41) is 0. The van der Waals surface area contributed by atoms with Crippen LogP contribution in [0.2, 0.25) is 0 Å². The van der Waals surface area contributed by atoms with Crippen LogP contribution in [0.3, 0.4) is 0 Å². The molecule has 6 nitrogen and oxygen atoms in total. The van der Waals surface area contributed by atoms with Gasteiger partial charge in [0.25, 0.3) is 5.56 Å². The molecule has 0 aliphatic heterocycles. The lowest BCUT2D eigenvalue weighted by Crippen LogP contribution is -2.43. The quantitative estimate of drug-likeness (QED) is 0.759. The second-order valence-electron chi connectivity index (χ2n) is 4.31. The van der Waals surface area contributed by atoms with Gasteiger partial charge in [-0.05, 0) is 27.7 Å². The third-order valence-electron chi connectivity index (χ3n) is 2.43. The Labute approximate surface area is 93.5 Å². The molecule has 1 rings (SSSR count). The maximum Gasteiger partial charge on any atom is 0.333 e. The molecule has 0 saturated carbocycles.